The topological polar surface area (TPSA) is 29.1 Å². The van der Waals surface area contributed by atoms with Crippen LogP contribution in [0.5, 0.6) is 0 Å². The van der Waals surface area contributed by atoms with Crippen molar-refractivity contribution in [1.82, 2.24) is 5.32 Å². The average molecular weight is 370 g/mol. The number of carbonyl (C=O) groups is 1. The van der Waals surface area contributed by atoms with E-state index < -0.39 is 5.82 Å². The van der Waals surface area contributed by atoms with Crippen LogP contribution in [0.2, 0.25) is 5.02 Å². The molecule has 0 radical (unpaired) electrons. The fourth-order valence-electron chi connectivity index (χ4n) is 2.94. The van der Waals surface area contributed by atoms with Gasteiger partial charge in [-0.05, 0) is 18.6 Å². The van der Waals surface area contributed by atoms with E-state index in [0.29, 0.717) is 6.54 Å². The van der Waals surface area contributed by atoms with Gasteiger partial charge in [0.2, 0.25) is 0 Å². The molecule has 0 atom stereocenters. The maximum Gasteiger partial charge on any atom is 0.254 e. The van der Waals surface area contributed by atoms with Crippen LogP contribution in [0, 0.1) is 5.82 Å². The van der Waals surface area contributed by atoms with Crippen molar-refractivity contribution < 1.29 is 9.18 Å². The normalized spacial score (nSPS) is 10.8. The Morgan fingerprint density at radius 2 is 1.44 bits per heavy atom. The van der Waals surface area contributed by atoms with Gasteiger partial charge in [-0.25, -0.2) is 4.39 Å². The molecule has 4 heteroatoms. The van der Waals surface area contributed by atoms with Crippen molar-refractivity contribution in [2.75, 3.05) is 6.54 Å². The number of benzene rings is 1. The van der Waals surface area contributed by atoms with Crippen molar-refractivity contribution in [3.63, 3.8) is 0 Å². The highest BCUT2D eigenvalue weighted by molar-refractivity contribution is 6.31. The Labute approximate surface area is 157 Å². The molecule has 0 spiro atoms. The molecule has 1 N–H and O–H groups in total. The molecule has 2 nitrogen and oxygen atoms in total. The smallest absolute Gasteiger partial charge is 0.254 e. The van der Waals surface area contributed by atoms with Gasteiger partial charge in [-0.15, -0.1) is 0 Å². The van der Waals surface area contributed by atoms with Crippen LogP contribution < -0.4 is 5.32 Å². The second-order valence-electron chi connectivity index (χ2n) is 6.75. The molecule has 0 fully saturated rings. The van der Waals surface area contributed by atoms with Gasteiger partial charge < -0.3 is 5.32 Å². The first-order chi connectivity index (χ1) is 12.2. The molecule has 0 saturated carbocycles. The minimum atomic E-state index is -0.642. The molecule has 0 saturated heterocycles. The standard InChI is InChI=1S/C21H33ClFNO/c1-2-3-4-5-6-7-8-9-10-11-12-13-17-24-21(25)18-15-14-16-19(22)20(18)23/h14-16H,2-13,17H2,1H3,(H,24,25). The molecule has 1 rings (SSSR count). The van der Waals surface area contributed by atoms with Gasteiger partial charge in [0.1, 0.15) is 0 Å². The summed E-state index contributed by atoms with van der Waals surface area (Å²) in [7, 11) is 0. The highest BCUT2D eigenvalue weighted by Crippen LogP contribution is 2.17. The highest BCUT2D eigenvalue weighted by Gasteiger charge is 2.13. The Morgan fingerprint density at radius 3 is 2.00 bits per heavy atom. The quantitative estimate of drug-likeness (QED) is 0.354. The number of carbonyl (C=O) groups excluding carboxylic acids is 1. The number of rotatable bonds is 14. The van der Waals surface area contributed by atoms with E-state index in [0.717, 1.165) is 12.8 Å². The Morgan fingerprint density at radius 1 is 0.920 bits per heavy atom. The summed E-state index contributed by atoms with van der Waals surface area (Å²) < 4.78 is 13.7. The Bertz CT molecular complexity index is 493. The zero-order valence-electron chi connectivity index (χ0n) is 15.6. The lowest BCUT2D eigenvalue weighted by atomic mass is 10.1. The van der Waals surface area contributed by atoms with Crippen LogP contribution >= 0.6 is 11.6 Å². The van der Waals surface area contributed by atoms with Crippen LogP contribution in [-0.4, -0.2) is 12.5 Å². The monoisotopic (exact) mass is 369 g/mol. The van der Waals surface area contributed by atoms with E-state index in [1.54, 1.807) is 6.07 Å². The molecule has 1 amide bonds. The first-order valence-electron chi connectivity index (χ1n) is 9.89. The van der Waals surface area contributed by atoms with Crippen molar-refractivity contribution in [3.05, 3.63) is 34.6 Å². The molecule has 0 heterocycles. The number of hydrogen-bond donors (Lipinski definition) is 1. The molecule has 0 aliphatic heterocycles. The SMILES string of the molecule is CCCCCCCCCCCCCCNC(=O)c1cccc(Cl)c1F. The van der Waals surface area contributed by atoms with Crippen LogP contribution in [-0.2, 0) is 0 Å². The predicted octanol–water partition coefficient (Wildman–Crippen LogP) is 6.91. The molecule has 0 aliphatic rings. The summed E-state index contributed by atoms with van der Waals surface area (Å²) >= 11 is 5.69. The minimum Gasteiger partial charge on any atom is -0.352 e. The first kappa shape index (κ1) is 22.0. The lowest BCUT2D eigenvalue weighted by Gasteiger charge is -2.07. The second-order valence-corrected chi connectivity index (χ2v) is 7.15. The summed E-state index contributed by atoms with van der Waals surface area (Å²) in [4.78, 5) is 11.9. The molecule has 0 aliphatic carbocycles. The maximum atomic E-state index is 13.7. The minimum absolute atomic E-state index is 0.0157. The van der Waals surface area contributed by atoms with Crippen LogP contribution in [0.15, 0.2) is 18.2 Å². The molecule has 0 bridgehead atoms. The van der Waals surface area contributed by atoms with E-state index in [1.165, 1.54) is 76.3 Å². The number of unbranched alkanes of at least 4 members (excludes halogenated alkanes) is 11. The summed E-state index contributed by atoms with van der Waals surface area (Å²) in [5.74, 6) is -1.03. The number of halogens is 2. The van der Waals surface area contributed by atoms with Gasteiger partial charge in [0, 0.05) is 6.54 Å². The van der Waals surface area contributed by atoms with Crippen LogP contribution in [0.1, 0.15) is 94.3 Å². The fraction of sp³-hybridized carbons (Fsp3) is 0.667. The van der Waals surface area contributed by atoms with E-state index in [4.69, 9.17) is 11.6 Å². The number of nitrogens with one attached hydrogen (secondary N) is 1. The molecule has 142 valence electrons. The van der Waals surface area contributed by atoms with Gasteiger partial charge in [0.15, 0.2) is 5.82 Å². The van der Waals surface area contributed by atoms with E-state index in [9.17, 15) is 9.18 Å². The second kappa shape index (κ2) is 14.1. The van der Waals surface area contributed by atoms with E-state index >= 15 is 0 Å². The molecular weight excluding hydrogens is 337 g/mol. The molecule has 25 heavy (non-hydrogen) atoms. The summed E-state index contributed by atoms with van der Waals surface area (Å²) in [5, 5.41) is 2.75. The van der Waals surface area contributed by atoms with Crippen LogP contribution in [0.3, 0.4) is 0 Å². The van der Waals surface area contributed by atoms with Gasteiger partial charge in [0.05, 0.1) is 10.6 Å². The summed E-state index contributed by atoms with van der Waals surface area (Å²) in [6.45, 7) is 2.84. The molecule has 0 unspecified atom stereocenters. The van der Waals surface area contributed by atoms with Crippen molar-refractivity contribution >= 4 is 17.5 Å². The Hall–Kier alpha value is -1.09. The fourth-order valence-corrected chi connectivity index (χ4v) is 3.12. The third-order valence-electron chi connectivity index (χ3n) is 4.51. The van der Waals surface area contributed by atoms with Crippen molar-refractivity contribution in [1.29, 1.82) is 0 Å². The molecule has 1 aromatic carbocycles. The Balaban J connectivity index is 1.95. The van der Waals surface area contributed by atoms with Gasteiger partial charge in [-0.2, -0.15) is 0 Å². The third-order valence-corrected chi connectivity index (χ3v) is 4.80. The zero-order chi connectivity index (χ0) is 18.3. The maximum absolute atomic E-state index is 13.7. The largest absolute Gasteiger partial charge is 0.352 e. The summed E-state index contributed by atoms with van der Waals surface area (Å²) in [6, 6.07) is 4.49. The average Bonchev–Trinajstić information content (AvgIpc) is 2.61. The summed E-state index contributed by atoms with van der Waals surface area (Å²) in [6.07, 6.45) is 15.4. The zero-order valence-corrected chi connectivity index (χ0v) is 16.3. The lowest BCUT2D eigenvalue weighted by Crippen LogP contribution is -2.25. The number of hydrogen-bond acceptors (Lipinski definition) is 1. The van der Waals surface area contributed by atoms with Crippen molar-refractivity contribution in [2.24, 2.45) is 0 Å². The number of amides is 1. The van der Waals surface area contributed by atoms with Gasteiger partial charge in [-0.1, -0.05) is 95.2 Å². The van der Waals surface area contributed by atoms with Gasteiger partial charge in [0.25, 0.3) is 5.91 Å². The summed E-state index contributed by atoms with van der Waals surface area (Å²) in [5.41, 5.74) is 0.0198. The molecular formula is C21H33ClFNO. The molecule has 1 aromatic rings. The van der Waals surface area contributed by atoms with Crippen molar-refractivity contribution in [2.45, 2.75) is 84.0 Å². The van der Waals surface area contributed by atoms with Gasteiger partial charge in [-0.3, -0.25) is 4.79 Å². The predicted molar refractivity (Wildman–Crippen MR) is 105 cm³/mol. The van der Waals surface area contributed by atoms with Gasteiger partial charge >= 0.3 is 0 Å². The third kappa shape index (κ3) is 9.84. The van der Waals surface area contributed by atoms with Crippen LogP contribution in [0.25, 0.3) is 0 Å². The molecule has 0 aromatic heterocycles. The lowest BCUT2D eigenvalue weighted by molar-refractivity contribution is 0.0949. The van der Waals surface area contributed by atoms with Crippen molar-refractivity contribution in [3.8, 4) is 0 Å². The first-order valence-corrected chi connectivity index (χ1v) is 10.3. The van der Waals surface area contributed by atoms with E-state index in [2.05, 4.69) is 12.2 Å². The Kier molecular flexibility index (Phi) is 12.4. The van der Waals surface area contributed by atoms with E-state index in [-0.39, 0.29) is 16.5 Å². The highest BCUT2D eigenvalue weighted by atomic mass is 35.5. The van der Waals surface area contributed by atoms with Crippen LogP contribution in [0.4, 0.5) is 4.39 Å². The van der Waals surface area contributed by atoms with E-state index in [1.807, 2.05) is 0 Å².